The van der Waals surface area contributed by atoms with Crippen molar-refractivity contribution >= 4 is 5.97 Å². The van der Waals surface area contributed by atoms with Crippen LogP contribution in [-0.2, 0) is 9.53 Å². The topological polar surface area (TPSA) is 59.7 Å². The molecule has 0 aliphatic carbocycles. The average molecular weight is 210 g/mol. The largest absolute Gasteiger partial charge is 0.463 e. The third-order valence-corrected chi connectivity index (χ3v) is 1.90. The Bertz CT molecular complexity index is 364. The molecule has 0 aromatic carbocycles. The summed E-state index contributed by atoms with van der Waals surface area (Å²) >= 11 is 0. The lowest BCUT2D eigenvalue weighted by molar-refractivity contribution is -0.139. The Labute approximate surface area is 88.2 Å². The molecule has 1 rings (SSSR count). The van der Waals surface area contributed by atoms with E-state index in [1.807, 2.05) is 0 Å². The molecular formula is C11H14O4. The first-order chi connectivity index (χ1) is 7.06. The summed E-state index contributed by atoms with van der Waals surface area (Å²) in [5, 5.41) is 9.71. The molecule has 0 aliphatic rings. The fourth-order valence-corrected chi connectivity index (χ4v) is 1.11. The highest BCUT2D eigenvalue weighted by molar-refractivity contribution is 5.88. The lowest BCUT2D eigenvalue weighted by Crippen LogP contribution is -2.13. The van der Waals surface area contributed by atoms with Crippen molar-refractivity contribution in [2.45, 2.75) is 20.0 Å². The number of carbonyl (C=O) groups excluding carboxylic acids is 1. The summed E-state index contributed by atoms with van der Waals surface area (Å²) in [7, 11) is 0. The Kier molecular flexibility index (Phi) is 3.68. The van der Waals surface area contributed by atoms with E-state index in [-0.39, 0.29) is 12.2 Å². The van der Waals surface area contributed by atoms with Gasteiger partial charge in [0, 0.05) is 0 Å². The van der Waals surface area contributed by atoms with Gasteiger partial charge in [0.15, 0.2) is 0 Å². The highest BCUT2D eigenvalue weighted by Crippen LogP contribution is 2.22. The number of aliphatic hydroxyl groups is 1. The first kappa shape index (κ1) is 11.5. The Balaban J connectivity index is 2.72. The molecule has 1 N–H and O–H groups in total. The highest BCUT2D eigenvalue weighted by atomic mass is 16.5. The Morgan fingerprint density at radius 1 is 1.67 bits per heavy atom. The van der Waals surface area contributed by atoms with Gasteiger partial charge < -0.3 is 14.3 Å². The first-order valence-electron chi connectivity index (χ1n) is 4.66. The monoisotopic (exact) mass is 210 g/mol. The van der Waals surface area contributed by atoms with Gasteiger partial charge in [0.05, 0.1) is 12.2 Å². The molecule has 1 unspecified atom stereocenters. The zero-order valence-corrected chi connectivity index (χ0v) is 8.82. The maximum Gasteiger partial charge on any atom is 0.336 e. The molecule has 0 fully saturated rings. The molecule has 1 aromatic heterocycles. The molecule has 1 heterocycles. The summed E-state index contributed by atoms with van der Waals surface area (Å²) in [6, 6.07) is 3.31. The lowest BCUT2D eigenvalue weighted by atomic mass is 10.1. The van der Waals surface area contributed by atoms with Crippen LogP contribution in [0.5, 0.6) is 0 Å². The summed E-state index contributed by atoms with van der Waals surface area (Å²) in [6.07, 6.45) is -1.14. The van der Waals surface area contributed by atoms with Crippen LogP contribution in [0.25, 0.3) is 0 Å². The minimum absolute atomic E-state index is 0.0220. The van der Waals surface area contributed by atoms with Gasteiger partial charge in [-0.05, 0) is 26.0 Å². The van der Waals surface area contributed by atoms with Gasteiger partial charge in [-0.3, -0.25) is 0 Å². The van der Waals surface area contributed by atoms with Crippen LogP contribution >= 0.6 is 0 Å². The van der Waals surface area contributed by atoms with E-state index in [0.717, 1.165) is 0 Å². The second-order valence-electron chi connectivity index (χ2n) is 3.10. The molecule has 82 valence electrons. The summed E-state index contributed by atoms with van der Waals surface area (Å²) in [6.45, 7) is 7.17. The third-order valence-electron chi connectivity index (χ3n) is 1.90. The fraction of sp³-hybridized carbons (Fsp3) is 0.364. The van der Waals surface area contributed by atoms with E-state index in [1.54, 1.807) is 26.0 Å². The maximum atomic E-state index is 11.2. The summed E-state index contributed by atoms with van der Waals surface area (Å²) in [5.41, 5.74) is -0.0220. The Morgan fingerprint density at radius 2 is 2.33 bits per heavy atom. The molecule has 1 aromatic rings. The van der Waals surface area contributed by atoms with Crippen molar-refractivity contribution in [3.8, 4) is 0 Å². The molecule has 0 bridgehead atoms. The smallest absolute Gasteiger partial charge is 0.336 e. The van der Waals surface area contributed by atoms with Crippen LogP contribution in [0.1, 0.15) is 24.5 Å². The molecule has 0 aliphatic heterocycles. The number of aryl methyl sites for hydroxylation is 1. The van der Waals surface area contributed by atoms with E-state index in [0.29, 0.717) is 11.5 Å². The van der Waals surface area contributed by atoms with Crippen LogP contribution in [0.15, 0.2) is 28.7 Å². The highest BCUT2D eigenvalue weighted by Gasteiger charge is 2.21. The predicted octanol–water partition coefficient (Wildman–Crippen LogP) is 1.74. The number of hydrogen-bond donors (Lipinski definition) is 1. The van der Waals surface area contributed by atoms with Crippen molar-refractivity contribution in [2.24, 2.45) is 0 Å². The van der Waals surface area contributed by atoms with Gasteiger partial charge in [-0.25, -0.2) is 4.79 Å². The van der Waals surface area contributed by atoms with Crippen molar-refractivity contribution in [1.29, 1.82) is 0 Å². The second-order valence-corrected chi connectivity index (χ2v) is 3.10. The average Bonchev–Trinajstić information content (AvgIpc) is 2.63. The van der Waals surface area contributed by atoms with Gasteiger partial charge >= 0.3 is 5.97 Å². The normalized spacial score (nSPS) is 12.2. The quantitative estimate of drug-likeness (QED) is 0.607. The van der Waals surface area contributed by atoms with Crippen molar-refractivity contribution in [3.63, 3.8) is 0 Å². The molecule has 0 saturated heterocycles. The number of ether oxygens (including phenoxy) is 1. The zero-order chi connectivity index (χ0) is 11.4. The SMILES string of the molecule is C=C(C(=O)OCC)C(O)c1ccc(C)o1. The van der Waals surface area contributed by atoms with Gasteiger partial charge in [-0.1, -0.05) is 6.58 Å². The van der Waals surface area contributed by atoms with Gasteiger partial charge in [0.25, 0.3) is 0 Å². The fourth-order valence-electron chi connectivity index (χ4n) is 1.11. The molecule has 4 nitrogen and oxygen atoms in total. The number of esters is 1. The molecular weight excluding hydrogens is 196 g/mol. The molecule has 0 spiro atoms. The van der Waals surface area contributed by atoms with E-state index in [9.17, 15) is 9.90 Å². The summed E-state index contributed by atoms with van der Waals surface area (Å²) in [5.74, 6) is 0.352. The predicted molar refractivity (Wildman–Crippen MR) is 54.2 cm³/mol. The maximum absolute atomic E-state index is 11.2. The number of rotatable bonds is 4. The minimum Gasteiger partial charge on any atom is -0.463 e. The van der Waals surface area contributed by atoms with E-state index in [1.165, 1.54) is 0 Å². The molecule has 15 heavy (non-hydrogen) atoms. The first-order valence-corrected chi connectivity index (χ1v) is 4.66. The van der Waals surface area contributed by atoms with Crippen molar-refractivity contribution in [3.05, 3.63) is 35.8 Å². The molecule has 0 amide bonds. The number of furan rings is 1. The number of aliphatic hydroxyl groups excluding tert-OH is 1. The van der Waals surface area contributed by atoms with Crippen LogP contribution in [0.3, 0.4) is 0 Å². The van der Waals surface area contributed by atoms with Crippen LogP contribution in [0.4, 0.5) is 0 Å². The van der Waals surface area contributed by atoms with Crippen LogP contribution in [0.2, 0.25) is 0 Å². The van der Waals surface area contributed by atoms with Crippen molar-refractivity contribution < 1.29 is 19.1 Å². The minimum atomic E-state index is -1.14. The van der Waals surface area contributed by atoms with E-state index >= 15 is 0 Å². The van der Waals surface area contributed by atoms with Crippen molar-refractivity contribution in [1.82, 2.24) is 0 Å². The Morgan fingerprint density at radius 3 is 2.80 bits per heavy atom. The van der Waals surface area contributed by atoms with E-state index in [2.05, 4.69) is 6.58 Å². The number of hydrogen-bond acceptors (Lipinski definition) is 4. The van der Waals surface area contributed by atoms with E-state index < -0.39 is 12.1 Å². The van der Waals surface area contributed by atoms with E-state index in [4.69, 9.17) is 9.15 Å². The molecule has 1 atom stereocenters. The van der Waals surface area contributed by atoms with Crippen LogP contribution < -0.4 is 0 Å². The molecule has 4 heteroatoms. The van der Waals surface area contributed by atoms with Gasteiger partial charge in [0.2, 0.25) is 0 Å². The zero-order valence-electron chi connectivity index (χ0n) is 8.82. The van der Waals surface area contributed by atoms with Crippen LogP contribution in [0, 0.1) is 6.92 Å². The van der Waals surface area contributed by atoms with Gasteiger partial charge in [-0.15, -0.1) is 0 Å². The van der Waals surface area contributed by atoms with Gasteiger partial charge in [0.1, 0.15) is 17.6 Å². The summed E-state index contributed by atoms with van der Waals surface area (Å²) < 4.78 is 9.89. The molecule has 0 radical (unpaired) electrons. The standard InChI is InChI=1S/C11H14O4/c1-4-14-11(13)8(3)10(12)9-6-5-7(2)15-9/h5-6,10,12H,3-4H2,1-2H3. The Hall–Kier alpha value is -1.55. The third kappa shape index (κ3) is 2.70. The lowest BCUT2D eigenvalue weighted by Gasteiger charge is -2.09. The summed E-state index contributed by atoms with van der Waals surface area (Å²) in [4.78, 5) is 11.2. The molecule has 0 saturated carbocycles. The van der Waals surface area contributed by atoms with Crippen LogP contribution in [-0.4, -0.2) is 17.7 Å². The number of carbonyl (C=O) groups is 1. The van der Waals surface area contributed by atoms with Gasteiger partial charge in [-0.2, -0.15) is 0 Å². The second kappa shape index (κ2) is 4.79. The van der Waals surface area contributed by atoms with Crippen molar-refractivity contribution in [2.75, 3.05) is 6.61 Å².